The fourth-order valence-corrected chi connectivity index (χ4v) is 0.0471. The van der Waals surface area contributed by atoms with Gasteiger partial charge in [-0.2, -0.15) is 0 Å². The Morgan fingerprint density at radius 2 is 2.60 bits per heavy atom. The number of rotatable bonds is 1. The van der Waals surface area contributed by atoms with E-state index in [2.05, 4.69) is 9.88 Å². The summed E-state index contributed by atoms with van der Waals surface area (Å²) in [4.78, 5) is 6.66. The molecule has 0 amide bonds. The van der Waals surface area contributed by atoms with Crippen LogP contribution in [0.3, 0.4) is 0 Å². The van der Waals surface area contributed by atoms with Gasteiger partial charge < -0.3 is 4.89 Å². The second-order valence-corrected chi connectivity index (χ2v) is 0.469. The Morgan fingerprint density at radius 1 is 2.00 bits per heavy atom. The molecule has 0 rings (SSSR count). The number of hydrogen-bond donors (Lipinski definition) is 1. The highest BCUT2D eigenvalue weighted by Crippen LogP contribution is 1.47. The van der Waals surface area contributed by atoms with E-state index in [0.29, 0.717) is 0 Å². The Bertz CT molecular complexity index is 34.6. The van der Waals surface area contributed by atoms with Gasteiger partial charge in [-0.15, -0.1) is 0 Å². The molecule has 0 atom stereocenters. The molecule has 0 aromatic heterocycles. The Labute approximate surface area is 29.8 Å². The van der Waals surface area contributed by atoms with Gasteiger partial charge in [-0.25, -0.2) is 5.26 Å². The van der Waals surface area contributed by atoms with Gasteiger partial charge in [0.05, 0.1) is 0 Å². The van der Waals surface area contributed by atoms with Gasteiger partial charge >= 0.3 is 0 Å². The van der Waals surface area contributed by atoms with Crippen molar-refractivity contribution in [1.82, 2.24) is 0 Å². The Balaban J connectivity index is 2.62. The maximum atomic E-state index is 7.42. The molecule has 1 N–H and O–H groups in total. The molecule has 0 heterocycles. The minimum Gasteiger partial charge on any atom is -0.328 e. The van der Waals surface area contributed by atoms with Gasteiger partial charge in [0, 0.05) is 7.05 Å². The van der Waals surface area contributed by atoms with Crippen molar-refractivity contribution in [3.63, 3.8) is 0 Å². The summed E-state index contributed by atoms with van der Waals surface area (Å²) in [6.45, 7) is 0. The lowest BCUT2D eigenvalue weighted by Gasteiger charge is -1.72. The molecule has 0 aliphatic heterocycles. The van der Waals surface area contributed by atoms with E-state index in [4.69, 9.17) is 5.26 Å². The number of hydrogen-bond acceptors (Lipinski definition) is 3. The minimum atomic E-state index is 0.931. The average Bonchev–Trinajstić information content (AvgIpc) is 1.41. The van der Waals surface area contributed by atoms with Crippen LogP contribution in [0.1, 0.15) is 0 Å². The zero-order valence-corrected chi connectivity index (χ0v) is 2.88. The van der Waals surface area contributed by atoms with Crippen molar-refractivity contribution >= 4 is 6.40 Å². The molecule has 0 unspecified atom stereocenters. The average molecular weight is 75.1 g/mol. The third kappa shape index (κ3) is 3.43. The van der Waals surface area contributed by atoms with Crippen LogP contribution in [0.5, 0.6) is 0 Å². The molecule has 0 radical (unpaired) electrons. The highest BCUT2D eigenvalue weighted by molar-refractivity contribution is 5.44. The van der Waals surface area contributed by atoms with E-state index < -0.39 is 0 Å². The van der Waals surface area contributed by atoms with Crippen LogP contribution in [0.25, 0.3) is 0 Å². The molecule has 0 bridgehead atoms. The van der Waals surface area contributed by atoms with E-state index in [1.165, 1.54) is 7.05 Å². The van der Waals surface area contributed by atoms with Gasteiger partial charge in [-0.3, -0.25) is 4.99 Å². The molecule has 3 heteroatoms. The maximum Gasteiger partial charge on any atom is 0.214 e. The molecule has 30 valence electrons. The molecule has 0 aliphatic rings. The predicted molar refractivity (Wildman–Crippen MR) is 18.1 cm³/mol. The SMILES string of the molecule is C/N=C/OO. The van der Waals surface area contributed by atoms with Gasteiger partial charge in [-0.1, -0.05) is 0 Å². The van der Waals surface area contributed by atoms with E-state index in [-0.39, 0.29) is 0 Å². The van der Waals surface area contributed by atoms with Crippen molar-refractivity contribution in [3.05, 3.63) is 0 Å². The first-order chi connectivity index (χ1) is 2.41. The standard InChI is InChI=1S/C2H5NO2/c1-3-2-5-4/h2,4H,1H3/b3-2+. The highest BCUT2D eigenvalue weighted by atomic mass is 17.1. The topological polar surface area (TPSA) is 41.8 Å². The summed E-state index contributed by atoms with van der Waals surface area (Å²) < 4.78 is 0. The number of aliphatic imine (C=N–C) groups is 1. The van der Waals surface area contributed by atoms with E-state index in [1.807, 2.05) is 0 Å². The van der Waals surface area contributed by atoms with Gasteiger partial charge in [-0.05, 0) is 0 Å². The molecular formula is C2H5NO2. The van der Waals surface area contributed by atoms with Crippen LogP contribution in [-0.4, -0.2) is 18.7 Å². The zero-order valence-electron chi connectivity index (χ0n) is 2.88. The van der Waals surface area contributed by atoms with Crippen molar-refractivity contribution in [2.75, 3.05) is 7.05 Å². The first kappa shape index (κ1) is 4.43. The molecule has 0 aliphatic carbocycles. The van der Waals surface area contributed by atoms with Gasteiger partial charge in [0.25, 0.3) is 0 Å². The molecule has 0 aromatic rings. The molecule has 0 aromatic carbocycles. The van der Waals surface area contributed by atoms with Crippen LogP contribution < -0.4 is 0 Å². The Hall–Kier alpha value is -0.570. The summed E-state index contributed by atoms with van der Waals surface area (Å²) in [5.41, 5.74) is 0. The molecule has 0 spiro atoms. The monoisotopic (exact) mass is 75.0 g/mol. The minimum absolute atomic E-state index is 0.931. The van der Waals surface area contributed by atoms with Crippen molar-refractivity contribution < 1.29 is 10.1 Å². The molecule has 0 fully saturated rings. The van der Waals surface area contributed by atoms with Crippen LogP contribution in [0.15, 0.2) is 4.99 Å². The summed E-state index contributed by atoms with van der Waals surface area (Å²) in [6.07, 6.45) is 0.931. The van der Waals surface area contributed by atoms with Gasteiger partial charge in [0.2, 0.25) is 6.40 Å². The van der Waals surface area contributed by atoms with Crippen LogP contribution in [0.4, 0.5) is 0 Å². The number of nitrogens with zero attached hydrogens (tertiary/aromatic N) is 1. The van der Waals surface area contributed by atoms with Gasteiger partial charge in [0.15, 0.2) is 0 Å². The van der Waals surface area contributed by atoms with Crippen molar-refractivity contribution in [2.24, 2.45) is 4.99 Å². The summed E-state index contributed by atoms with van der Waals surface area (Å²) in [7, 11) is 1.50. The molecule has 5 heavy (non-hydrogen) atoms. The second-order valence-electron chi connectivity index (χ2n) is 0.469. The first-order valence-electron chi connectivity index (χ1n) is 1.12. The lowest BCUT2D eigenvalue weighted by Crippen LogP contribution is -1.72. The zero-order chi connectivity index (χ0) is 4.12. The fraction of sp³-hybridized carbons (Fsp3) is 0.500. The highest BCUT2D eigenvalue weighted by Gasteiger charge is 1.50. The third-order valence-corrected chi connectivity index (χ3v) is 0.153. The smallest absolute Gasteiger partial charge is 0.214 e. The molecule has 3 nitrogen and oxygen atoms in total. The molecule has 0 saturated carbocycles. The van der Waals surface area contributed by atoms with E-state index in [0.717, 1.165) is 6.40 Å². The lowest BCUT2D eigenvalue weighted by molar-refractivity contribution is -0.147. The summed E-state index contributed by atoms with van der Waals surface area (Å²) in [5.74, 6) is 0. The third-order valence-electron chi connectivity index (χ3n) is 0.153. The van der Waals surface area contributed by atoms with Crippen molar-refractivity contribution in [2.45, 2.75) is 0 Å². The van der Waals surface area contributed by atoms with Crippen LogP contribution >= 0.6 is 0 Å². The summed E-state index contributed by atoms with van der Waals surface area (Å²) >= 11 is 0. The van der Waals surface area contributed by atoms with Crippen LogP contribution in [0.2, 0.25) is 0 Å². The van der Waals surface area contributed by atoms with Crippen LogP contribution in [0, 0.1) is 0 Å². The summed E-state index contributed by atoms with van der Waals surface area (Å²) in [5, 5.41) is 7.42. The predicted octanol–water partition coefficient (Wildman–Crippen LogP) is 0.134. The molecular weight excluding hydrogens is 70.0 g/mol. The first-order valence-corrected chi connectivity index (χ1v) is 1.12. The van der Waals surface area contributed by atoms with E-state index in [9.17, 15) is 0 Å². The maximum absolute atomic E-state index is 7.42. The van der Waals surface area contributed by atoms with Crippen molar-refractivity contribution in [1.29, 1.82) is 0 Å². The Morgan fingerprint density at radius 3 is 2.60 bits per heavy atom. The normalized spacial score (nSPS) is 9.20. The quantitative estimate of drug-likeness (QED) is 0.208. The largest absolute Gasteiger partial charge is 0.328 e. The summed E-state index contributed by atoms with van der Waals surface area (Å²) in [6, 6.07) is 0. The van der Waals surface area contributed by atoms with Crippen molar-refractivity contribution in [3.8, 4) is 0 Å². The van der Waals surface area contributed by atoms with Crippen LogP contribution in [-0.2, 0) is 4.89 Å². The molecule has 0 saturated heterocycles. The fourth-order valence-electron chi connectivity index (χ4n) is 0.0471. The van der Waals surface area contributed by atoms with E-state index >= 15 is 0 Å². The van der Waals surface area contributed by atoms with E-state index in [1.54, 1.807) is 0 Å². The van der Waals surface area contributed by atoms with Gasteiger partial charge in [0.1, 0.15) is 0 Å². The Kier molecular flexibility index (Phi) is 3.04. The second kappa shape index (κ2) is 3.43. The lowest BCUT2D eigenvalue weighted by atomic mass is 11.4.